The van der Waals surface area contributed by atoms with Crippen LogP contribution in [0.25, 0.3) is 0 Å². The van der Waals surface area contributed by atoms with E-state index in [4.69, 9.17) is 10.5 Å². The van der Waals surface area contributed by atoms with Crippen LogP contribution in [-0.4, -0.2) is 11.2 Å². The summed E-state index contributed by atoms with van der Waals surface area (Å²) >= 11 is 8.34. The Bertz CT molecular complexity index is 392. The van der Waals surface area contributed by atoms with E-state index in [1.807, 2.05) is 6.07 Å². The maximum atomic E-state index is 11.3. The topological polar surface area (TPSA) is 52.3 Å². The van der Waals surface area contributed by atoms with Crippen molar-refractivity contribution in [3.63, 3.8) is 0 Å². The standard InChI is InChI=1S/C9H9NO2S2/c10-9(14)5-3-1-2-4-6(5)12-8(11)7(9)13/h1-4,7,13-14H,10H2. The summed E-state index contributed by atoms with van der Waals surface area (Å²) in [7, 11) is 0. The molecule has 0 aromatic heterocycles. The fourth-order valence-corrected chi connectivity index (χ4v) is 1.86. The summed E-state index contributed by atoms with van der Waals surface area (Å²) in [6.45, 7) is 0. The van der Waals surface area contributed by atoms with Crippen LogP contribution in [0.2, 0.25) is 0 Å². The zero-order valence-electron chi connectivity index (χ0n) is 7.18. The van der Waals surface area contributed by atoms with Crippen molar-refractivity contribution in [3.05, 3.63) is 29.8 Å². The molecule has 1 aliphatic heterocycles. The Balaban J connectivity index is 2.59. The van der Waals surface area contributed by atoms with Crippen LogP contribution in [0.15, 0.2) is 24.3 Å². The minimum Gasteiger partial charge on any atom is -0.425 e. The first-order valence-corrected chi connectivity index (χ1v) is 5.00. The van der Waals surface area contributed by atoms with Gasteiger partial charge in [0.2, 0.25) is 0 Å². The molecule has 0 aliphatic carbocycles. The Kier molecular flexibility index (Phi) is 2.25. The third-order valence-electron chi connectivity index (χ3n) is 2.17. The number of hydrogen-bond acceptors (Lipinski definition) is 5. The lowest BCUT2D eigenvalue weighted by Gasteiger charge is -2.34. The summed E-state index contributed by atoms with van der Waals surface area (Å²) in [5.41, 5.74) is 6.59. The summed E-state index contributed by atoms with van der Waals surface area (Å²) in [6, 6.07) is 7.05. The van der Waals surface area contributed by atoms with Gasteiger partial charge >= 0.3 is 5.97 Å². The predicted molar refractivity (Wildman–Crippen MR) is 59.7 cm³/mol. The van der Waals surface area contributed by atoms with E-state index < -0.39 is 16.1 Å². The van der Waals surface area contributed by atoms with E-state index in [1.165, 1.54) is 0 Å². The second-order valence-electron chi connectivity index (χ2n) is 3.15. The fraction of sp³-hybridized carbons (Fsp3) is 0.222. The Morgan fingerprint density at radius 1 is 1.43 bits per heavy atom. The first-order chi connectivity index (χ1) is 6.53. The predicted octanol–water partition coefficient (Wildman–Crippen LogP) is 0.945. The molecule has 74 valence electrons. The fourth-order valence-electron chi connectivity index (χ4n) is 1.38. The highest BCUT2D eigenvalue weighted by Gasteiger charge is 2.43. The van der Waals surface area contributed by atoms with Gasteiger partial charge in [-0.15, -0.1) is 0 Å². The number of ether oxygens (including phenoxy) is 1. The van der Waals surface area contributed by atoms with Crippen LogP contribution in [0, 0.1) is 0 Å². The van der Waals surface area contributed by atoms with Crippen LogP contribution < -0.4 is 10.5 Å². The number of nitrogens with two attached hydrogens (primary N) is 1. The third kappa shape index (κ3) is 1.32. The van der Waals surface area contributed by atoms with Gasteiger partial charge in [-0.3, -0.25) is 4.79 Å². The van der Waals surface area contributed by atoms with E-state index in [0.29, 0.717) is 11.3 Å². The average Bonchev–Trinajstić information content (AvgIpc) is 2.15. The van der Waals surface area contributed by atoms with Gasteiger partial charge in [0.25, 0.3) is 0 Å². The third-order valence-corrected chi connectivity index (χ3v) is 3.49. The van der Waals surface area contributed by atoms with Crippen molar-refractivity contribution in [2.24, 2.45) is 5.73 Å². The van der Waals surface area contributed by atoms with Gasteiger partial charge in [0.1, 0.15) is 15.9 Å². The molecule has 2 unspecified atom stereocenters. The maximum absolute atomic E-state index is 11.3. The normalized spacial score (nSPS) is 30.8. The number of para-hydroxylation sites is 1. The lowest BCUT2D eigenvalue weighted by Crippen LogP contribution is -2.49. The molecule has 1 heterocycles. The SMILES string of the molecule is NC1(S)c2ccccc2OC(=O)C1S. The van der Waals surface area contributed by atoms with Gasteiger partial charge in [-0.05, 0) is 6.07 Å². The van der Waals surface area contributed by atoms with Crippen LogP contribution in [0.4, 0.5) is 0 Å². The average molecular weight is 227 g/mol. The van der Waals surface area contributed by atoms with Crippen LogP contribution >= 0.6 is 25.3 Å². The summed E-state index contributed by atoms with van der Waals surface area (Å²) < 4.78 is 5.04. The molecule has 2 rings (SSSR count). The Labute approximate surface area is 92.4 Å². The zero-order chi connectivity index (χ0) is 10.3. The quantitative estimate of drug-likeness (QED) is 0.268. The summed E-state index contributed by atoms with van der Waals surface area (Å²) in [6.07, 6.45) is 0. The lowest BCUT2D eigenvalue weighted by molar-refractivity contribution is -0.135. The molecule has 2 atom stereocenters. The van der Waals surface area contributed by atoms with Crippen LogP contribution in [0.5, 0.6) is 5.75 Å². The molecule has 0 fully saturated rings. The summed E-state index contributed by atoms with van der Waals surface area (Å²) in [5, 5.41) is -0.749. The highest BCUT2D eigenvalue weighted by Crippen LogP contribution is 2.40. The van der Waals surface area contributed by atoms with Crippen LogP contribution in [-0.2, 0) is 9.67 Å². The molecule has 0 radical (unpaired) electrons. The Hall–Kier alpha value is -0.650. The van der Waals surface area contributed by atoms with Crippen molar-refractivity contribution in [2.45, 2.75) is 10.1 Å². The van der Waals surface area contributed by atoms with Crippen LogP contribution in [0.1, 0.15) is 5.56 Å². The summed E-state index contributed by atoms with van der Waals surface area (Å²) in [4.78, 5) is 10.3. The van der Waals surface area contributed by atoms with E-state index in [2.05, 4.69) is 25.3 Å². The minimum atomic E-state index is -1.07. The molecule has 1 aromatic rings. The zero-order valence-corrected chi connectivity index (χ0v) is 8.96. The minimum absolute atomic E-state index is 0.459. The molecule has 0 amide bonds. The van der Waals surface area contributed by atoms with Gasteiger partial charge in [-0.2, -0.15) is 25.3 Å². The van der Waals surface area contributed by atoms with E-state index in [0.717, 1.165) is 0 Å². The maximum Gasteiger partial charge on any atom is 0.327 e. The molecular formula is C9H9NO2S2. The number of hydrogen-bond donors (Lipinski definition) is 3. The summed E-state index contributed by atoms with van der Waals surface area (Å²) in [5.74, 6) is -0.00941. The number of thiol groups is 2. The first kappa shape index (κ1) is 9.89. The number of fused-ring (bicyclic) bond motifs is 1. The second-order valence-corrected chi connectivity index (χ2v) is 4.40. The number of carbonyl (C=O) groups excluding carboxylic acids is 1. The van der Waals surface area contributed by atoms with Gasteiger partial charge in [0, 0.05) is 5.56 Å². The number of rotatable bonds is 0. The van der Waals surface area contributed by atoms with Crippen molar-refractivity contribution in [1.29, 1.82) is 0 Å². The number of benzene rings is 1. The second kappa shape index (κ2) is 3.18. The van der Waals surface area contributed by atoms with Crippen molar-refractivity contribution in [1.82, 2.24) is 0 Å². The first-order valence-electron chi connectivity index (χ1n) is 4.04. The number of esters is 1. The van der Waals surface area contributed by atoms with Crippen molar-refractivity contribution < 1.29 is 9.53 Å². The van der Waals surface area contributed by atoms with Gasteiger partial charge in [0.15, 0.2) is 0 Å². The highest BCUT2D eigenvalue weighted by atomic mass is 32.1. The molecule has 0 spiro atoms. The smallest absolute Gasteiger partial charge is 0.327 e. The van der Waals surface area contributed by atoms with Gasteiger partial charge < -0.3 is 10.5 Å². The molecule has 1 aliphatic rings. The molecule has 0 saturated heterocycles. The van der Waals surface area contributed by atoms with Crippen molar-refractivity contribution >= 4 is 31.2 Å². The Morgan fingerprint density at radius 3 is 2.79 bits per heavy atom. The van der Waals surface area contributed by atoms with E-state index >= 15 is 0 Å². The highest BCUT2D eigenvalue weighted by molar-refractivity contribution is 7.86. The molecule has 0 saturated carbocycles. The molecule has 14 heavy (non-hydrogen) atoms. The molecular weight excluding hydrogens is 218 g/mol. The van der Waals surface area contributed by atoms with E-state index in [1.54, 1.807) is 18.2 Å². The van der Waals surface area contributed by atoms with Crippen molar-refractivity contribution in [2.75, 3.05) is 0 Å². The van der Waals surface area contributed by atoms with Gasteiger partial charge in [0.05, 0.1) is 0 Å². The molecule has 5 heteroatoms. The van der Waals surface area contributed by atoms with E-state index in [-0.39, 0.29) is 0 Å². The van der Waals surface area contributed by atoms with Gasteiger partial charge in [-0.25, -0.2) is 0 Å². The lowest BCUT2D eigenvalue weighted by atomic mass is 10.00. The van der Waals surface area contributed by atoms with E-state index in [9.17, 15) is 4.79 Å². The van der Waals surface area contributed by atoms with Crippen LogP contribution in [0.3, 0.4) is 0 Å². The monoisotopic (exact) mass is 227 g/mol. The number of carbonyl (C=O) groups is 1. The van der Waals surface area contributed by atoms with Crippen molar-refractivity contribution in [3.8, 4) is 5.75 Å². The molecule has 3 nitrogen and oxygen atoms in total. The van der Waals surface area contributed by atoms with Gasteiger partial charge in [-0.1, -0.05) is 18.2 Å². The Morgan fingerprint density at radius 2 is 2.07 bits per heavy atom. The molecule has 0 bridgehead atoms. The molecule has 2 N–H and O–H groups in total. The largest absolute Gasteiger partial charge is 0.425 e. The molecule has 1 aromatic carbocycles.